The zero-order valence-corrected chi connectivity index (χ0v) is 10.6. The Labute approximate surface area is 103 Å². The summed E-state index contributed by atoms with van der Waals surface area (Å²) in [6.45, 7) is 4.22. The Hall–Kier alpha value is -1.35. The lowest BCUT2D eigenvalue weighted by Crippen LogP contribution is -2.20. The Kier molecular flexibility index (Phi) is 3.79. The molecular formula is C14H20N2O. The molecule has 1 heterocycles. The van der Waals surface area contributed by atoms with Crippen LogP contribution in [0.5, 0.6) is 0 Å². The van der Waals surface area contributed by atoms with Gasteiger partial charge in [0.05, 0.1) is 6.42 Å². The second-order valence-corrected chi connectivity index (χ2v) is 4.54. The lowest BCUT2D eigenvalue weighted by molar-refractivity contribution is -0.117. The number of likely N-dealkylation sites (N-methyl/N-ethyl adjacent to an activating group) is 1. The molecule has 1 aliphatic rings. The summed E-state index contributed by atoms with van der Waals surface area (Å²) < 4.78 is 0. The van der Waals surface area contributed by atoms with E-state index < -0.39 is 0 Å². The van der Waals surface area contributed by atoms with Crippen molar-refractivity contribution in [3.05, 3.63) is 29.3 Å². The lowest BCUT2D eigenvalue weighted by atomic mass is 10.0. The Balaban J connectivity index is 2.07. The summed E-state index contributed by atoms with van der Waals surface area (Å²) in [5.41, 5.74) is 3.62. The van der Waals surface area contributed by atoms with Gasteiger partial charge in [0, 0.05) is 12.7 Å². The Morgan fingerprint density at radius 3 is 2.94 bits per heavy atom. The van der Waals surface area contributed by atoms with Crippen LogP contribution in [0.4, 0.5) is 5.69 Å². The van der Waals surface area contributed by atoms with Crippen molar-refractivity contribution < 1.29 is 4.79 Å². The molecule has 1 N–H and O–H groups in total. The first-order chi connectivity index (χ1) is 8.24. The first-order valence-electron chi connectivity index (χ1n) is 6.32. The van der Waals surface area contributed by atoms with Gasteiger partial charge in [-0.15, -0.1) is 0 Å². The van der Waals surface area contributed by atoms with Crippen molar-refractivity contribution in [1.29, 1.82) is 0 Å². The van der Waals surface area contributed by atoms with E-state index in [-0.39, 0.29) is 5.91 Å². The third-order valence-corrected chi connectivity index (χ3v) is 3.31. The number of hydrogen-bond acceptors (Lipinski definition) is 2. The molecule has 2 rings (SSSR count). The first kappa shape index (κ1) is 12.1. The van der Waals surface area contributed by atoms with Crippen molar-refractivity contribution in [1.82, 2.24) is 5.32 Å². The van der Waals surface area contributed by atoms with Gasteiger partial charge in [-0.1, -0.05) is 19.1 Å². The van der Waals surface area contributed by atoms with Crippen LogP contribution >= 0.6 is 0 Å². The van der Waals surface area contributed by atoms with Crippen LogP contribution in [0.3, 0.4) is 0 Å². The Bertz CT molecular complexity index is 415. The standard InChI is InChI=1S/C14H20N2O/c1-3-8-15-9-7-11-5-4-6-13-12(11)10-14(17)16(13)2/h4-6,15H,3,7-10H2,1-2H3. The number of nitrogens with one attached hydrogen (secondary N) is 1. The number of amides is 1. The van der Waals surface area contributed by atoms with Crippen LogP contribution < -0.4 is 10.2 Å². The second-order valence-electron chi connectivity index (χ2n) is 4.54. The third-order valence-electron chi connectivity index (χ3n) is 3.31. The van der Waals surface area contributed by atoms with Crippen LogP contribution in [0, 0.1) is 0 Å². The largest absolute Gasteiger partial charge is 0.316 e. The van der Waals surface area contributed by atoms with Gasteiger partial charge in [-0.3, -0.25) is 4.79 Å². The van der Waals surface area contributed by atoms with Crippen molar-refractivity contribution in [2.45, 2.75) is 26.2 Å². The van der Waals surface area contributed by atoms with Gasteiger partial charge in [-0.05, 0) is 43.1 Å². The molecule has 1 aromatic carbocycles. The number of carbonyl (C=O) groups excluding carboxylic acids is 1. The summed E-state index contributed by atoms with van der Waals surface area (Å²) in [5, 5.41) is 3.40. The minimum absolute atomic E-state index is 0.203. The average molecular weight is 232 g/mol. The molecule has 1 aromatic rings. The molecular weight excluding hydrogens is 212 g/mol. The SMILES string of the molecule is CCCNCCc1cccc2c1CC(=O)N2C. The number of rotatable bonds is 5. The summed E-state index contributed by atoms with van der Waals surface area (Å²) in [6.07, 6.45) is 2.73. The van der Waals surface area contributed by atoms with E-state index in [2.05, 4.69) is 18.3 Å². The van der Waals surface area contributed by atoms with Gasteiger partial charge in [0.1, 0.15) is 0 Å². The molecule has 3 nitrogen and oxygen atoms in total. The highest BCUT2D eigenvalue weighted by molar-refractivity contribution is 6.01. The van der Waals surface area contributed by atoms with E-state index in [0.717, 1.165) is 31.6 Å². The molecule has 3 heteroatoms. The molecule has 0 unspecified atom stereocenters. The maximum atomic E-state index is 11.7. The highest BCUT2D eigenvalue weighted by Gasteiger charge is 2.25. The molecule has 0 aliphatic carbocycles. The fraction of sp³-hybridized carbons (Fsp3) is 0.500. The number of anilines is 1. The fourth-order valence-electron chi connectivity index (χ4n) is 2.30. The zero-order valence-electron chi connectivity index (χ0n) is 10.6. The Morgan fingerprint density at radius 1 is 1.35 bits per heavy atom. The topological polar surface area (TPSA) is 32.3 Å². The molecule has 0 atom stereocenters. The van der Waals surface area contributed by atoms with E-state index in [1.54, 1.807) is 4.90 Å². The molecule has 0 aromatic heterocycles. The van der Waals surface area contributed by atoms with Crippen molar-refractivity contribution in [2.24, 2.45) is 0 Å². The predicted octanol–water partition coefficient (Wildman–Crippen LogP) is 1.75. The molecule has 92 valence electrons. The maximum absolute atomic E-state index is 11.7. The van der Waals surface area contributed by atoms with E-state index in [1.807, 2.05) is 19.2 Å². The maximum Gasteiger partial charge on any atom is 0.231 e. The van der Waals surface area contributed by atoms with Gasteiger partial charge in [0.15, 0.2) is 0 Å². The molecule has 0 spiro atoms. The van der Waals surface area contributed by atoms with Crippen molar-refractivity contribution in [2.75, 3.05) is 25.0 Å². The number of carbonyl (C=O) groups is 1. The van der Waals surface area contributed by atoms with Gasteiger partial charge >= 0.3 is 0 Å². The quantitative estimate of drug-likeness (QED) is 0.784. The molecule has 17 heavy (non-hydrogen) atoms. The van der Waals surface area contributed by atoms with Gasteiger partial charge in [-0.25, -0.2) is 0 Å². The number of benzene rings is 1. The van der Waals surface area contributed by atoms with Gasteiger partial charge in [-0.2, -0.15) is 0 Å². The summed E-state index contributed by atoms with van der Waals surface area (Å²) in [4.78, 5) is 13.4. The monoisotopic (exact) mass is 232 g/mol. The van der Waals surface area contributed by atoms with E-state index in [0.29, 0.717) is 6.42 Å². The molecule has 1 amide bonds. The van der Waals surface area contributed by atoms with Crippen molar-refractivity contribution >= 4 is 11.6 Å². The highest BCUT2D eigenvalue weighted by atomic mass is 16.2. The van der Waals surface area contributed by atoms with Crippen LogP contribution in [0.1, 0.15) is 24.5 Å². The second kappa shape index (κ2) is 5.32. The molecule has 0 saturated carbocycles. The molecule has 0 fully saturated rings. The third kappa shape index (κ3) is 2.50. The summed E-state index contributed by atoms with van der Waals surface area (Å²) in [7, 11) is 1.85. The van der Waals surface area contributed by atoms with E-state index in [1.165, 1.54) is 11.1 Å². The van der Waals surface area contributed by atoms with Gasteiger partial charge < -0.3 is 10.2 Å². The summed E-state index contributed by atoms with van der Waals surface area (Å²) in [5.74, 6) is 0.203. The average Bonchev–Trinajstić information content (AvgIpc) is 2.62. The number of fused-ring (bicyclic) bond motifs is 1. The summed E-state index contributed by atoms with van der Waals surface area (Å²) >= 11 is 0. The molecule has 0 saturated heterocycles. The zero-order chi connectivity index (χ0) is 12.3. The van der Waals surface area contributed by atoms with Crippen LogP contribution in [-0.4, -0.2) is 26.0 Å². The minimum Gasteiger partial charge on any atom is -0.316 e. The van der Waals surface area contributed by atoms with Crippen molar-refractivity contribution in [3.63, 3.8) is 0 Å². The van der Waals surface area contributed by atoms with E-state index >= 15 is 0 Å². The number of hydrogen-bond donors (Lipinski definition) is 1. The van der Waals surface area contributed by atoms with Crippen LogP contribution in [0.15, 0.2) is 18.2 Å². The van der Waals surface area contributed by atoms with Crippen molar-refractivity contribution in [3.8, 4) is 0 Å². The minimum atomic E-state index is 0.203. The smallest absolute Gasteiger partial charge is 0.231 e. The molecule has 0 radical (unpaired) electrons. The lowest BCUT2D eigenvalue weighted by Gasteiger charge is -2.11. The van der Waals surface area contributed by atoms with Crippen LogP contribution in [-0.2, 0) is 17.6 Å². The fourth-order valence-corrected chi connectivity index (χ4v) is 2.30. The first-order valence-corrected chi connectivity index (χ1v) is 6.32. The van der Waals surface area contributed by atoms with Crippen LogP contribution in [0.25, 0.3) is 0 Å². The van der Waals surface area contributed by atoms with E-state index in [9.17, 15) is 4.79 Å². The Morgan fingerprint density at radius 2 is 2.18 bits per heavy atom. The van der Waals surface area contributed by atoms with Gasteiger partial charge in [0.25, 0.3) is 0 Å². The number of nitrogens with zero attached hydrogens (tertiary/aromatic N) is 1. The molecule has 1 aliphatic heterocycles. The van der Waals surface area contributed by atoms with E-state index in [4.69, 9.17) is 0 Å². The highest BCUT2D eigenvalue weighted by Crippen LogP contribution is 2.30. The normalized spacial score (nSPS) is 14.2. The van der Waals surface area contributed by atoms with Crippen LogP contribution in [0.2, 0.25) is 0 Å². The predicted molar refractivity (Wildman–Crippen MR) is 70.4 cm³/mol. The molecule has 0 bridgehead atoms. The van der Waals surface area contributed by atoms with Gasteiger partial charge in [0.2, 0.25) is 5.91 Å². The summed E-state index contributed by atoms with van der Waals surface area (Å²) in [6, 6.07) is 6.21.